The lowest BCUT2D eigenvalue weighted by Gasteiger charge is -2.16. The fourth-order valence-corrected chi connectivity index (χ4v) is 8.51. The summed E-state index contributed by atoms with van der Waals surface area (Å²) in [7, 11) is 0. The van der Waals surface area contributed by atoms with E-state index in [2.05, 4.69) is 137 Å². The number of fused-ring (bicyclic) bond motifs is 5. The molecule has 0 amide bonds. The van der Waals surface area contributed by atoms with E-state index in [4.69, 9.17) is 16.5 Å². The summed E-state index contributed by atoms with van der Waals surface area (Å²) in [6.45, 7) is 8.04. The summed E-state index contributed by atoms with van der Waals surface area (Å²) in [6.07, 6.45) is 3.67. The molecule has 0 fully saturated rings. The predicted octanol–water partition coefficient (Wildman–Crippen LogP) is 12.7. The van der Waals surface area contributed by atoms with Gasteiger partial charge in [0.25, 0.3) is 0 Å². The van der Waals surface area contributed by atoms with Crippen LogP contribution in [0, 0.1) is 6.57 Å². The minimum Gasteiger partial charge on any atom is -0.309 e. The number of aromatic nitrogens is 3. The standard InChI is InChI=1S/C47H26N4/c1-48-40-22-24-42-45-38(40)20-19-37-36(35-18-17-34(32-13-4-5-14-33(32)35)31-15-6-10-28-9-2-3-12-30(28)31)21-23-41(44(37)45)51(42)43-27-29-11-7-25-49-46(29)47-39(43)16-8-26-50-47/h2-27H. The molecule has 0 aliphatic carbocycles. The molecule has 11 aromatic rings. The summed E-state index contributed by atoms with van der Waals surface area (Å²) in [5.74, 6) is 0. The van der Waals surface area contributed by atoms with Crippen LogP contribution >= 0.6 is 0 Å². The Morgan fingerprint density at radius 3 is 1.80 bits per heavy atom. The third-order valence-electron chi connectivity index (χ3n) is 10.7. The van der Waals surface area contributed by atoms with E-state index in [9.17, 15) is 0 Å². The summed E-state index contributed by atoms with van der Waals surface area (Å²) in [6, 6.07) is 51.9. The zero-order valence-corrected chi connectivity index (χ0v) is 27.3. The fraction of sp³-hybridized carbons (Fsp3) is 0. The van der Waals surface area contributed by atoms with Gasteiger partial charge >= 0.3 is 0 Å². The van der Waals surface area contributed by atoms with Crippen LogP contribution in [0.3, 0.4) is 0 Å². The molecule has 234 valence electrons. The molecule has 0 bridgehead atoms. The van der Waals surface area contributed by atoms with Gasteiger partial charge in [-0.2, -0.15) is 0 Å². The summed E-state index contributed by atoms with van der Waals surface area (Å²) in [5, 5.41) is 11.4. The lowest BCUT2D eigenvalue weighted by molar-refractivity contribution is 1.20. The van der Waals surface area contributed by atoms with E-state index in [0.29, 0.717) is 5.69 Å². The van der Waals surface area contributed by atoms with Gasteiger partial charge in [0.2, 0.25) is 0 Å². The second-order valence-corrected chi connectivity index (χ2v) is 13.2. The Balaban J connectivity index is 1.23. The van der Waals surface area contributed by atoms with Gasteiger partial charge < -0.3 is 4.57 Å². The lowest BCUT2D eigenvalue weighted by atomic mass is 9.88. The minimum atomic E-state index is 0.660. The molecule has 0 aliphatic heterocycles. The van der Waals surface area contributed by atoms with Gasteiger partial charge in [-0.05, 0) is 91.0 Å². The van der Waals surface area contributed by atoms with Crippen molar-refractivity contribution in [1.29, 1.82) is 0 Å². The number of nitrogens with zero attached hydrogens (tertiary/aromatic N) is 4. The van der Waals surface area contributed by atoms with Gasteiger partial charge in [0.15, 0.2) is 5.69 Å². The van der Waals surface area contributed by atoms with Crippen molar-refractivity contribution in [3.05, 3.63) is 169 Å². The van der Waals surface area contributed by atoms with Crippen molar-refractivity contribution in [2.75, 3.05) is 0 Å². The second-order valence-electron chi connectivity index (χ2n) is 13.2. The van der Waals surface area contributed by atoms with Gasteiger partial charge in [0.05, 0.1) is 34.3 Å². The summed E-state index contributed by atoms with van der Waals surface area (Å²) in [4.78, 5) is 13.5. The molecule has 0 N–H and O–H groups in total. The van der Waals surface area contributed by atoms with Crippen molar-refractivity contribution in [1.82, 2.24) is 14.5 Å². The number of rotatable bonds is 3. The van der Waals surface area contributed by atoms with Crippen LogP contribution in [-0.4, -0.2) is 14.5 Å². The number of benzene rings is 8. The molecular weight excluding hydrogens is 621 g/mol. The van der Waals surface area contributed by atoms with Crippen LogP contribution in [0.1, 0.15) is 0 Å². The third kappa shape index (κ3) is 3.83. The van der Waals surface area contributed by atoms with E-state index in [0.717, 1.165) is 54.7 Å². The second kappa shape index (κ2) is 10.5. The van der Waals surface area contributed by atoms with E-state index in [1.165, 1.54) is 49.2 Å². The minimum absolute atomic E-state index is 0.660. The van der Waals surface area contributed by atoms with Crippen LogP contribution in [0.4, 0.5) is 5.69 Å². The Labute approximate surface area is 292 Å². The molecular formula is C47H26N4. The van der Waals surface area contributed by atoms with Crippen LogP contribution in [0.25, 0.3) is 109 Å². The van der Waals surface area contributed by atoms with E-state index >= 15 is 0 Å². The zero-order chi connectivity index (χ0) is 33.6. The van der Waals surface area contributed by atoms with Crippen molar-refractivity contribution in [2.45, 2.75) is 0 Å². The first-order chi connectivity index (χ1) is 25.3. The van der Waals surface area contributed by atoms with Crippen LogP contribution in [-0.2, 0) is 0 Å². The van der Waals surface area contributed by atoms with Gasteiger partial charge in [0, 0.05) is 33.9 Å². The molecule has 0 spiro atoms. The van der Waals surface area contributed by atoms with Crippen LogP contribution in [0.5, 0.6) is 0 Å². The van der Waals surface area contributed by atoms with Crippen LogP contribution in [0.15, 0.2) is 158 Å². The van der Waals surface area contributed by atoms with Gasteiger partial charge in [0.1, 0.15) is 0 Å². The van der Waals surface area contributed by atoms with Crippen molar-refractivity contribution < 1.29 is 0 Å². The van der Waals surface area contributed by atoms with Crippen molar-refractivity contribution in [3.63, 3.8) is 0 Å². The molecule has 3 aromatic heterocycles. The van der Waals surface area contributed by atoms with Gasteiger partial charge in [-0.3, -0.25) is 9.97 Å². The Morgan fingerprint density at radius 1 is 0.431 bits per heavy atom. The fourth-order valence-electron chi connectivity index (χ4n) is 8.51. The summed E-state index contributed by atoms with van der Waals surface area (Å²) >= 11 is 0. The summed E-state index contributed by atoms with van der Waals surface area (Å²) < 4.78 is 2.36. The molecule has 0 saturated carbocycles. The predicted molar refractivity (Wildman–Crippen MR) is 212 cm³/mol. The quantitative estimate of drug-likeness (QED) is 0.141. The van der Waals surface area contributed by atoms with E-state index in [-0.39, 0.29) is 0 Å². The zero-order valence-electron chi connectivity index (χ0n) is 27.3. The maximum absolute atomic E-state index is 8.04. The average Bonchev–Trinajstić information content (AvgIpc) is 3.54. The number of hydrogen-bond donors (Lipinski definition) is 0. The van der Waals surface area contributed by atoms with Crippen molar-refractivity contribution in [2.24, 2.45) is 0 Å². The molecule has 11 rings (SSSR count). The SMILES string of the molecule is [C-]#[N+]c1ccc2c3c1ccc1c(-c4ccc(-c5cccc6ccccc56)c5ccccc45)ccc(c13)n2-c1cc2cccnc2c2ncccc12. The highest BCUT2D eigenvalue weighted by atomic mass is 15.0. The third-order valence-corrected chi connectivity index (χ3v) is 10.7. The largest absolute Gasteiger partial charge is 0.309 e. The first kappa shape index (κ1) is 27.8. The molecule has 0 radical (unpaired) electrons. The topological polar surface area (TPSA) is 35.1 Å². The van der Waals surface area contributed by atoms with Gasteiger partial charge in [-0.15, -0.1) is 0 Å². The normalized spacial score (nSPS) is 11.9. The molecule has 0 saturated heterocycles. The average molecular weight is 647 g/mol. The highest BCUT2D eigenvalue weighted by molar-refractivity contribution is 6.29. The highest BCUT2D eigenvalue weighted by Gasteiger charge is 2.23. The molecule has 0 aliphatic rings. The molecule has 8 aromatic carbocycles. The number of pyridine rings is 2. The first-order valence-corrected chi connectivity index (χ1v) is 17.1. The molecule has 4 heteroatoms. The smallest absolute Gasteiger partial charge is 0.195 e. The Bertz CT molecular complexity index is 3270. The van der Waals surface area contributed by atoms with Crippen molar-refractivity contribution >= 4 is 81.6 Å². The molecule has 3 heterocycles. The van der Waals surface area contributed by atoms with Crippen LogP contribution < -0.4 is 0 Å². The molecule has 51 heavy (non-hydrogen) atoms. The van der Waals surface area contributed by atoms with Crippen molar-refractivity contribution in [3.8, 4) is 27.9 Å². The first-order valence-electron chi connectivity index (χ1n) is 17.1. The van der Waals surface area contributed by atoms with E-state index < -0.39 is 0 Å². The Morgan fingerprint density at radius 2 is 1.00 bits per heavy atom. The maximum Gasteiger partial charge on any atom is 0.195 e. The molecule has 4 nitrogen and oxygen atoms in total. The lowest BCUT2D eigenvalue weighted by Crippen LogP contribution is -1.97. The maximum atomic E-state index is 8.04. The van der Waals surface area contributed by atoms with Gasteiger partial charge in [-0.25, -0.2) is 4.85 Å². The molecule has 0 atom stereocenters. The van der Waals surface area contributed by atoms with E-state index in [1.54, 1.807) is 0 Å². The summed E-state index contributed by atoms with van der Waals surface area (Å²) in [5.41, 5.74) is 10.5. The van der Waals surface area contributed by atoms with Crippen LogP contribution in [0.2, 0.25) is 0 Å². The molecule has 0 unspecified atom stereocenters. The van der Waals surface area contributed by atoms with Gasteiger partial charge in [-0.1, -0.05) is 109 Å². The monoisotopic (exact) mass is 646 g/mol. The number of hydrogen-bond acceptors (Lipinski definition) is 2. The highest BCUT2D eigenvalue weighted by Crippen LogP contribution is 2.47. The van der Waals surface area contributed by atoms with E-state index in [1.807, 2.05) is 30.6 Å². The Hall–Kier alpha value is -7.09. The Kier molecular flexibility index (Phi) is 5.70.